The van der Waals surface area contributed by atoms with E-state index in [0.717, 1.165) is 35.7 Å². The van der Waals surface area contributed by atoms with Crippen molar-refractivity contribution in [1.82, 2.24) is 9.97 Å². The first kappa shape index (κ1) is 29.3. The van der Waals surface area contributed by atoms with Crippen LogP contribution in [0.3, 0.4) is 0 Å². The Balaban J connectivity index is 1.10. The van der Waals surface area contributed by atoms with E-state index in [0.29, 0.717) is 33.1 Å². The predicted molar refractivity (Wildman–Crippen MR) is 181 cm³/mol. The molecule has 4 aromatic rings. The number of para-hydroxylation sites is 2. The number of aromatic nitrogens is 2. The van der Waals surface area contributed by atoms with Crippen LogP contribution >= 0.6 is 23.5 Å². The van der Waals surface area contributed by atoms with Crippen molar-refractivity contribution in [2.45, 2.75) is 12.8 Å². The molecule has 0 N–H and O–H groups in total. The lowest BCUT2D eigenvalue weighted by molar-refractivity contribution is -0.114. The van der Waals surface area contributed by atoms with E-state index in [1.54, 1.807) is 57.9 Å². The molecule has 218 valence electrons. The highest BCUT2D eigenvalue weighted by Gasteiger charge is 2.33. The van der Waals surface area contributed by atoms with Gasteiger partial charge in [0.15, 0.2) is 10.3 Å². The minimum atomic E-state index is -0.167. The molecule has 0 unspecified atom stereocenters. The van der Waals surface area contributed by atoms with E-state index < -0.39 is 0 Å². The number of amides is 2. The number of hydrogen-bond acceptors (Lipinski definition) is 8. The zero-order valence-corrected chi connectivity index (χ0v) is 25.3. The number of anilines is 2. The van der Waals surface area contributed by atoms with Gasteiger partial charge in [0.1, 0.15) is 11.4 Å². The highest BCUT2D eigenvalue weighted by Crippen LogP contribution is 2.31. The molecular weight excluding hydrogens is 589 g/mol. The largest absolute Gasteiger partial charge is 0.283 e. The van der Waals surface area contributed by atoms with Gasteiger partial charge in [0.2, 0.25) is 0 Å². The highest BCUT2D eigenvalue weighted by molar-refractivity contribution is 8.14. The molecule has 0 saturated heterocycles. The van der Waals surface area contributed by atoms with Crippen molar-refractivity contribution in [2.24, 2.45) is 9.98 Å². The molecule has 2 amide bonds. The first-order chi connectivity index (χ1) is 21.7. The van der Waals surface area contributed by atoms with Gasteiger partial charge in [0.25, 0.3) is 11.8 Å². The maximum atomic E-state index is 13.4. The monoisotopic (exact) mass is 616 g/mol. The molecule has 0 fully saturated rings. The van der Waals surface area contributed by atoms with Crippen LogP contribution < -0.4 is 9.80 Å². The fraction of sp³-hybridized carbons (Fsp3) is 0.118. The third-order valence-electron chi connectivity index (χ3n) is 6.63. The second kappa shape index (κ2) is 14.1. The van der Waals surface area contributed by atoms with Crippen molar-refractivity contribution >= 4 is 69.2 Å². The first-order valence-electron chi connectivity index (χ1n) is 14.1. The summed E-state index contributed by atoms with van der Waals surface area (Å²) in [5.41, 5.74) is 3.67. The summed E-state index contributed by atoms with van der Waals surface area (Å²) in [7, 11) is 0. The van der Waals surface area contributed by atoms with E-state index >= 15 is 0 Å². The highest BCUT2D eigenvalue weighted by atomic mass is 32.2. The molecule has 10 heteroatoms. The lowest BCUT2D eigenvalue weighted by Crippen LogP contribution is -2.30. The summed E-state index contributed by atoms with van der Waals surface area (Å²) in [4.78, 5) is 48.1. The Bertz CT molecular complexity index is 1610. The van der Waals surface area contributed by atoms with Crippen LogP contribution in [0, 0.1) is 0 Å². The van der Waals surface area contributed by atoms with E-state index in [1.165, 1.54) is 0 Å². The smallest absolute Gasteiger partial charge is 0.266 e. The Morgan fingerprint density at radius 3 is 1.34 bits per heavy atom. The minimum Gasteiger partial charge on any atom is -0.266 e. The van der Waals surface area contributed by atoms with Crippen molar-refractivity contribution in [3.63, 3.8) is 0 Å². The third kappa shape index (κ3) is 6.88. The average molecular weight is 617 g/mol. The summed E-state index contributed by atoms with van der Waals surface area (Å²) in [5, 5.41) is 1.31. The minimum absolute atomic E-state index is 0.167. The topological polar surface area (TPSA) is 91.1 Å². The molecule has 2 aromatic heterocycles. The lowest BCUT2D eigenvalue weighted by Gasteiger charge is -2.18. The summed E-state index contributed by atoms with van der Waals surface area (Å²) in [5.74, 6) is 1.23. The third-order valence-corrected chi connectivity index (χ3v) is 8.68. The summed E-state index contributed by atoms with van der Waals surface area (Å²) >= 11 is 3.12. The Hall–Kier alpha value is -4.80. The zero-order valence-electron chi connectivity index (χ0n) is 23.7. The fourth-order valence-corrected chi connectivity index (χ4v) is 6.55. The van der Waals surface area contributed by atoms with E-state index in [4.69, 9.17) is 9.98 Å². The van der Waals surface area contributed by atoms with Crippen molar-refractivity contribution in [3.8, 4) is 0 Å². The lowest BCUT2D eigenvalue weighted by atomic mass is 10.2. The number of carbonyl (C=O) groups is 2. The molecule has 0 bridgehead atoms. The zero-order chi connectivity index (χ0) is 30.1. The van der Waals surface area contributed by atoms with Gasteiger partial charge in [-0.3, -0.25) is 29.4 Å². The number of amidine groups is 2. The van der Waals surface area contributed by atoms with Gasteiger partial charge in [-0.2, -0.15) is 0 Å². The molecule has 44 heavy (non-hydrogen) atoms. The molecule has 0 radical (unpaired) electrons. The van der Waals surface area contributed by atoms with Gasteiger partial charge < -0.3 is 0 Å². The standard InChI is InChI=1S/C34H28N6O2S2/c41-31-29(23-25-13-7-9-19-35-25)37-33(39(31)27-15-3-1-4-16-27)43-21-11-12-22-44-34-38-30(24-26-14-8-10-20-36-26)32(42)40(34)28-17-5-2-6-18-28/h1-10,13-20,23-24H,11-12,21-22H2. The number of thioether (sulfide) groups is 2. The molecular formula is C34H28N6O2S2. The summed E-state index contributed by atoms with van der Waals surface area (Å²) in [6.07, 6.45) is 8.64. The van der Waals surface area contributed by atoms with Crippen LogP contribution in [-0.4, -0.2) is 43.6 Å². The number of pyridine rings is 2. The van der Waals surface area contributed by atoms with E-state index in [9.17, 15) is 9.59 Å². The maximum Gasteiger partial charge on any atom is 0.283 e. The molecule has 0 aliphatic carbocycles. The van der Waals surface area contributed by atoms with Gasteiger partial charge in [-0.1, -0.05) is 72.1 Å². The summed E-state index contributed by atoms with van der Waals surface area (Å²) < 4.78 is 0. The molecule has 2 aliphatic heterocycles. The van der Waals surface area contributed by atoms with Gasteiger partial charge >= 0.3 is 0 Å². The number of unbranched alkanes of at least 4 members (excludes halogenated alkanes) is 1. The van der Waals surface area contributed by atoms with Gasteiger partial charge in [-0.15, -0.1) is 0 Å². The molecule has 0 spiro atoms. The van der Waals surface area contributed by atoms with Gasteiger partial charge in [0, 0.05) is 23.9 Å². The van der Waals surface area contributed by atoms with E-state index in [-0.39, 0.29) is 11.8 Å². The van der Waals surface area contributed by atoms with Crippen LogP contribution in [0.25, 0.3) is 12.2 Å². The quantitative estimate of drug-likeness (QED) is 0.150. The summed E-state index contributed by atoms with van der Waals surface area (Å²) in [6.45, 7) is 0. The normalized spacial score (nSPS) is 16.6. The van der Waals surface area contributed by atoms with Crippen LogP contribution in [0.15, 0.2) is 131 Å². The van der Waals surface area contributed by atoms with Crippen molar-refractivity contribution in [1.29, 1.82) is 0 Å². The number of nitrogens with zero attached hydrogens (tertiary/aromatic N) is 6. The van der Waals surface area contributed by atoms with Crippen molar-refractivity contribution < 1.29 is 9.59 Å². The molecule has 0 saturated carbocycles. The Labute approximate surface area is 264 Å². The van der Waals surface area contributed by atoms with E-state index in [1.807, 2.05) is 97.1 Å². The van der Waals surface area contributed by atoms with Crippen LogP contribution in [0.1, 0.15) is 24.2 Å². The van der Waals surface area contributed by atoms with Crippen molar-refractivity contribution in [3.05, 3.63) is 132 Å². The fourth-order valence-electron chi connectivity index (χ4n) is 4.53. The van der Waals surface area contributed by atoms with Gasteiger partial charge in [0.05, 0.1) is 22.8 Å². The Morgan fingerprint density at radius 1 is 0.545 bits per heavy atom. The molecule has 0 atom stereocenters. The number of aliphatic imine (C=N–C) groups is 2. The van der Waals surface area contributed by atoms with Crippen LogP contribution in [0.4, 0.5) is 11.4 Å². The Kier molecular flexibility index (Phi) is 9.39. The second-order valence-electron chi connectivity index (χ2n) is 9.71. The SMILES string of the molecule is O=C1C(=Cc2ccccn2)N=C(SCCCCSC2=NC(=Cc3ccccn3)C(=O)N2c2ccccc2)N1c1ccccc1. The number of rotatable bonds is 9. The molecule has 2 aliphatic rings. The molecule has 8 nitrogen and oxygen atoms in total. The second-order valence-corrected chi connectivity index (χ2v) is 11.8. The van der Waals surface area contributed by atoms with Crippen molar-refractivity contribution in [2.75, 3.05) is 21.3 Å². The number of carbonyl (C=O) groups excluding carboxylic acids is 2. The molecule has 4 heterocycles. The number of benzene rings is 2. The maximum absolute atomic E-state index is 13.4. The summed E-state index contributed by atoms with van der Waals surface area (Å²) in [6, 6.07) is 30.3. The van der Waals surface area contributed by atoms with Gasteiger partial charge in [-0.05, 0) is 73.5 Å². The molecule has 6 rings (SSSR count). The first-order valence-corrected chi connectivity index (χ1v) is 16.1. The van der Waals surface area contributed by atoms with Crippen LogP contribution in [-0.2, 0) is 9.59 Å². The Morgan fingerprint density at radius 2 is 0.955 bits per heavy atom. The average Bonchev–Trinajstić information content (AvgIpc) is 3.54. The number of hydrogen-bond donors (Lipinski definition) is 0. The van der Waals surface area contributed by atoms with E-state index in [2.05, 4.69) is 9.97 Å². The predicted octanol–water partition coefficient (Wildman–Crippen LogP) is 6.91. The van der Waals surface area contributed by atoms with Crippen LogP contribution in [0.5, 0.6) is 0 Å². The van der Waals surface area contributed by atoms with Gasteiger partial charge in [-0.25, -0.2) is 9.98 Å². The molecule has 2 aromatic carbocycles. The van der Waals surface area contributed by atoms with Crippen LogP contribution in [0.2, 0.25) is 0 Å².